The van der Waals surface area contributed by atoms with E-state index in [9.17, 15) is 0 Å². The van der Waals surface area contributed by atoms with Crippen molar-refractivity contribution >= 4 is 0 Å². The highest BCUT2D eigenvalue weighted by Gasteiger charge is 2.15. The van der Waals surface area contributed by atoms with Gasteiger partial charge in [0.1, 0.15) is 5.75 Å². The summed E-state index contributed by atoms with van der Waals surface area (Å²) in [4.78, 5) is 2.55. The van der Waals surface area contributed by atoms with Gasteiger partial charge in [-0.05, 0) is 54.0 Å². The molecule has 2 aromatic carbocycles. The number of aryl methyl sites for hydroxylation is 1. The van der Waals surface area contributed by atoms with E-state index in [0.29, 0.717) is 5.92 Å². The van der Waals surface area contributed by atoms with Crippen LogP contribution in [-0.4, -0.2) is 24.6 Å². The molecule has 0 bridgehead atoms. The molecule has 2 aromatic rings. The van der Waals surface area contributed by atoms with Crippen molar-refractivity contribution in [1.29, 1.82) is 0 Å². The Morgan fingerprint density at radius 1 is 1.08 bits per heavy atom. The predicted molar refractivity (Wildman–Crippen MR) is 101 cm³/mol. The molecule has 0 saturated carbocycles. The Kier molecular flexibility index (Phi) is 7.34. The number of fused-ring (bicyclic) bond motifs is 1. The van der Waals surface area contributed by atoms with Gasteiger partial charge in [-0.3, -0.25) is 4.90 Å². The lowest BCUT2D eigenvalue weighted by molar-refractivity contribution is -0.00000563. The van der Waals surface area contributed by atoms with E-state index in [1.54, 1.807) is 0 Å². The zero-order valence-electron chi connectivity index (χ0n) is 15.6. The van der Waals surface area contributed by atoms with Crippen LogP contribution in [0.5, 0.6) is 5.75 Å². The van der Waals surface area contributed by atoms with Gasteiger partial charge < -0.3 is 17.1 Å². The van der Waals surface area contributed by atoms with Crippen LogP contribution in [0.2, 0.25) is 0 Å². The SMILES string of the molecule is Cc1ccc(C(C)C)c(OCCCN2CCc3ccccc3C2)c1.[Cl-]. The minimum absolute atomic E-state index is 0. The zero-order valence-corrected chi connectivity index (χ0v) is 16.4. The van der Waals surface area contributed by atoms with Gasteiger partial charge in [0, 0.05) is 19.6 Å². The van der Waals surface area contributed by atoms with Crippen LogP contribution in [-0.2, 0) is 13.0 Å². The fraction of sp³-hybridized carbons (Fsp3) is 0.455. The number of benzene rings is 2. The Labute approximate surface area is 158 Å². The van der Waals surface area contributed by atoms with Gasteiger partial charge in [0.25, 0.3) is 0 Å². The van der Waals surface area contributed by atoms with Crippen molar-refractivity contribution in [2.75, 3.05) is 19.7 Å². The van der Waals surface area contributed by atoms with Gasteiger partial charge >= 0.3 is 0 Å². The van der Waals surface area contributed by atoms with E-state index in [4.69, 9.17) is 4.74 Å². The molecule has 0 atom stereocenters. The monoisotopic (exact) mass is 358 g/mol. The van der Waals surface area contributed by atoms with E-state index in [1.807, 2.05) is 0 Å². The maximum absolute atomic E-state index is 6.11. The summed E-state index contributed by atoms with van der Waals surface area (Å²) in [5.74, 6) is 1.56. The molecule has 25 heavy (non-hydrogen) atoms. The van der Waals surface area contributed by atoms with E-state index < -0.39 is 0 Å². The molecule has 0 radical (unpaired) electrons. The molecule has 136 valence electrons. The molecule has 0 aromatic heterocycles. The molecule has 3 rings (SSSR count). The van der Waals surface area contributed by atoms with E-state index >= 15 is 0 Å². The second-order valence-corrected chi connectivity index (χ2v) is 7.19. The highest BCUT2D eigenvalue weighted by molar-refractivity contribution is 5.39. The summed E-state index contributed by atoms with van der Waals surface area (Å²) in [5, 5.41) is 0. The largest absolute Gasteiger partial charge is 1.00 e. The van der Waals surface area contributed by atoms with E-state index in [1.165, 1.54) is 35.2 Å². The number of halogens is 1. The molecule has 1 heterocycles. The maximum Gasteiger partial charge on any atom is 0.122 e. The molecular formula is C22H29ClNO-. The van der Waals surface area contributed by atoms with Crippen molar-refractivity contribution in [2.45, 2.75) is 46.1 Å². The third-order valence-electron chi connectivity index (χ3n) is 4.88. The lowest BCUT2D eigenvalue weighted by Gasteiger charge is -2.28. The molecule has 1 aliphatic rings. The summed E-state index contributed by atoms with van der Waals surface area (Å²) < 4.78 is 6.11. The second-order valence-electron chi connectivity index (χ2n) is 7.19. The molecule has 0 spiro atoms. The Balaban J connectivity index is 0.00000225. The average molecular weight is 359 g/mol. The van der Waals surface area contributed by atoms with Crippen LogP contribution in [0, 0.1) is 6.92 Å². The average Bonchev–Trinajstić information content (AvgIpc) is 2.58. The minimum Gasteiger partial charge on any atom is -1.00 e. The molecule has 0 aliphatic carbocycles. The first-order chi connectivity index (χ1) is 11.6. The van der Waals surface area contributed by atoms with E-state index in [0.717, 1.165) is 31.9 Å². The van der Waals surface area contributed by atoms with Crippen LogP contribution < -0.4 is 17.1 Å². The Bertz CT molecular complexity index is 683. The quantitative estimate of drug-likeness (QED) is 0.732. The lowest BCUT2D eigenvalue weighted by Crippen LogP contribution is -3.00. The number of hydrogen-bond acceptors (Lipinski definition) is 2. The first-order valence-electron chi connectivity index (χ1n) is 9.16. The Hall–Kier alpha value is -1.51. The second kappa shape index (κ2) is 9.26. The predicted octanol–water partition coefficient (Wildman–Crippen LogP) is 1.95. The Morgan fingerprint density at radius 3 is 2.60 bits per heavy atom. The molecule has 0 saturated heterocycles. The molecule has 0 N–H and O–H groups in total. The summed E-state index contributed by atoms with van der Waals surface area (Å²) in [6, 6.07) is 15.4. The minimum atomic E-state index is 0. The van der Waals surface area contributed by atoms with Gasteiger partial charge in [-0.15, -0.1) is 0 Å². The van der Waals surface area contributed by atoms with Crippen molar-refractivity contribution in [3.05, 3.63) is 64.7 Å². The van der Waals surface area contributed by atoms with Crippen LogP contribution in [0.3, 0.4) is 0 Å². The van der Waals surface area contributed by atoms with Crippen molar-refractivity contribution in [3.63, 3.8) is 0 Å². The smallest absolute Gasteiger partial charge is 0.122 e. The molecule has 2 nitrogen and oxygen atoms in total. The third kappa shape index (κ3) is 5.23. The first kappa shape index (κ1) is 19.8. The van der Waals surface area contributed by atoms with Crippen LogP contribution in [0.15, 0.2) is 42.5 Å². The van der Waals surface area contributed by atoms with Gasteiger partial charge in [-0.1, -0.05) is 50.2 Å². The van der Waals surface area contributed by atoms with E-state index in [-0.39, 0.29) is 12.4 Å². The van der Waals surface area contributed by atoms with Gasteiger partial charge in [-0.25, -0.2) is 0 Å². The number of rotatable bonds is 6. The number of hydrogen-bond donors (Lipinski definition) is 0. The van der Waals surface area contributed by atoms with Crippen LogP contribution >= 0.6 is 0 Å². The topological polar surface area (TPSA) is 12.5 Å². The molecule has 0 unspecified atom stereocenters. The summed E-state index contributed by atoms with van der Waals surface area (Å²) >= 11 is 0. The van der Waals surface area contributed by atoms with Crippen LogP contribution in [0.25, 0.3) is 0 Å². The fourth-order valence-corrected chi connectivity index (χ4v) is 3.46. The van der Waals surface area contributed by atoms with Crippen molar-refractivity contribution in [3.8, 4) is 5.75 Å². The molecule has 1 aliphatic heterocycles. The summed E-state index contributed by atoms with van der Waals surface area (Å²) in [7, 11) is 0. The maximum atomic E-state index is 6.11. The lowest BCUT2D eigenvalue weighted by atomic mass is 10.00. The highest BCUT2D eigenvalue weighted by atomic mass is 35.5. The van der Waals surface area contributed by atoms with Gasteiger partial charge in [0.15, 0.2) is 0 Å². The fourth-order valence-electron chi connectivity index (χ4n) is 3.46. The standard InChI is InChI=1S/C22H29NO.ClH/c1-17(2)21-10-9-18(3)15-22(21)24-14-6-12-23-13-11-19-7-4-5-8-20(19)16-23;/h4-5,7-10,15,17H,6,11-14,16H2,1-3H3;1H/p-1. The zero-order chi connectivity index (χ0) is 16.9. The van der Waals surface area contributed by atoms with Gasteiger partial charge in [0.05, 0.1) is 6.61 Å². The molecule has 0 fully saturated rings. The van der Waals surface area contributed by atoms with Crippen molar-refractivity contribution in [1.82, 2.24) is 4.90 Å². The van der Waals surface area contributed by atoms with Gasteiger partial charge in [0.2, 0.25) is 0 Å². The first-order valence-corrected chi connectivity index (χ1v) is 9.16. The highest BCUT2D eigenvalue weighted by Crippen LogP contribution is 2.27. The molecule has 0 amide bonds. The number of ether oxygens (including phenoxy) is 1. The number of nitrogens with zero attached hydrogens (tertiary/aromatic N) is 1. The normalized spacial score (nSPS) is 14.1. The third-order valence-corrected chi connectivity index (χ3v) is 4.88. The van der Waals surface area contributed by atoms with Crippen molar-refractivity contribution in [2.24, 2.45) is 0 Å². The Morgan fingerprint density at radius 2 is 1.84 bits per heavy atom. The van der Waals surface area contributed by atoms with Crippen LogP contribution in [0.1, 0.15) is 48.4 Å². The van der Waals surface area contributed by atoms with Crippen LogP contribution in [0.4, 0.5) is 0 Å². The summed E-state index contributed by atoms with van der Waals surface area (Å²) in [5.41, 5.74) is 5.59. The summed E-state index contributed by atoms with van der Waals surface area (Å²) in [6.07, 6.45) is 2.25. The van der Waals surface area contributed by atoms with E-state index in [2.05, 4.69) is 68.1 Å². The van der Waals surface area contributed by atoms with Gasteiger partial charge in [-0.2, -0.15) is 0 Å². The molecule has 3 heteroatoms. The summed E-state index contributed by atoms with van der Waals surface area (Å²) in [6.45, 7) is 10.7. The molecular weight excluding hydrogens is 330 g/mol. The van der Waals surface area contributed by atoms with Crippen molar-refractivity contribution < 1.29 is 17.1 Å².